The summed E-state index contributed by atoms with van der Waals surface area (Å²) in [5.74, 6) is 0. The zero-order valence-electron chi connectivity index (χ0n) is 11.2. The van der Waals surface area contributed by atoms with Crippen molar-refractivity contribution in [3.8, 4) is 0 Å². The van der Waals surface area contributed by atoms with E-state index in [0.29, 0.717) is 23.2 Å². The van der Waals surface area contributed by atoms with Gasteiger partial charge >= 0.3 is 0 Å². The third kappa shape index (κ3) is 5.14. The highest BCUT2D eigenvalue weighted by molar-refractivity contribution is 9.10. The van der Waals surface area contributed by atoms with E-state index in [-0.39, 0.29) is 5.69 Å². The molecule has 0 saturated heterocycles. The number of halogens is 1. The number of rotatable bonds is 6. The van der Waals surface area contributed by atoms with Gasteiger partial charge in [-0.25, -0.2) is 0 Å². The van der Waals surface area contributed by atoms with Crippen LogP contribution in [0.5, 0.6) is 0 Å². The highest BCUT2D eigenvalue weighted by atomic mass is 79.9. The van der Waals surface area contributed by atoms with E-state index in [9.17, 15) is 15.2 Å². The summed E-state index contributed by atoms with van der Waals surface area (Å²) in [6.07, 6.45) is 0. The standard InChI is InChI=1S/C12H18BrN3O3/c1-12(17,8-15(2)3)7-14-11-5-4-9(16(18)19)6-10(11)13/h4-6,14,17H,7-8H2,1-3H3. The van der Waals surface area contributed by atoms with Gasteiger partial charge in [0.2, 0.25) is 0 Å². The third-order valence-electron chi connectivity index (χ3n) is 2.48. The molecular formula is C12H18BrN3O3. The van der Waals surface area contributed by atoms with Gasteiger partial charge in [-0.1, -0.05) is 0 Å². The fraction of sp³-hybridized carbons (Fsp3) is 0.500. The van der Waals surface area contributed by atoms with Crippen LogP contribution in [-0.2, 0) is 0 Å². The predicted molar refractivity (Wildman–Crippen MR) is 78.5 cm³/mol. The van der Waals surface area contributed by atoms with Gasteiger partial charge in [0.15, 0.2) is 0 Å². The van der Waals surface area contributed by atoms with Gasteiger partial charge in [0.05, 0.1) is 10.5 Å². The van der Waals surface area contributed by atoms with Crippen LogP contribution >= 0.6 is 15.9 Å². The molecule has 7 heteroatoms. The molecule has 1 unspecified atom stereocenters. The van der Waals surface area contributed by atoms with Crippen molar-refractivity contribution in [1.82, 2.24) is 4.90 Å². The molecule has 0 spiro atoms. The Bertz CT molecular complexity index is 464. The van der Waals surface area contributed by atoms with E-state index < -0.39 is 10.5 Å². The first-order valence-corrected chi connectivity index (χ1v) is 6.55. The van der Waals surface area contributed by atoms with E-state index in [2.05, 4.69) is 21.2 Å². The number of hydrogen-bond donors (Lipinski definition) is 2. The number of nitro groups is 1. The molecule has 6 nitrogen and oxygen atoms in total. The number of anilines is 1. The molecular weight excluding hydrogens is 314 g/mol. The highest BCUT2D eigenvalue weighted by Crippen LogP contribution is 2.27. The Kier molecular flexibility index (Phi) is 5.28. The largest absolute Gasteiger partial charge is 0.387 e. The van der Waals surface area contributed by atoms with E-state index >= 15 is 0 Å². The maximum absolute atomic E-state index is 10.6. The van der Waals surface area contributed by atoms with Crippen molar-refractivity contribution < 1.29 is 10.0 Å². The molecule has 0 amide bonds. The average Bonchev–Trinajstić information content (AvgIpc) is 2.25. The summed E-state index contributed by atoms with van der Waals surface area (Å²) < 4.78 is 0.599. The third-order valence-corrected chi connectivity index (χ3v) is 3.14. The lowest BCUT2D eigenvalue weighted by Crippen LogP contribution is -2.43. The first-order valence-electron chi connectivity index (χ1n) is 5.76. The van der Waals surface area contributed by atoms with Crippen molar-refractivity contribution in [2.75, 3.05) is 32.5 Å². The Morgan fingerprint density at radius 1 is 1.53 bits per heavy atom. The van der Waals surface area contributed by atoms with Crippen molar-refractivity contribution in [2.45, 2.75) is 12.5 Å². The van der Waals surface area contributed by atoms with Gasteiger partial charge in [-0.05, 0) is 43.0 Å². The maximum atomic E-state index is 10.6. The molecule has 1 atom stereocenters. The van der Waals surface area contributed by atoms with Crippen LogP contribution in [0.15, 0.2) is 22.7 Å². The van der Waals surface area contributed by atoms with Crippen LogP contribution in [0.2, 0.25) is 0 Å². The first-order chi connectivity index (χ1) is 8.71. The number of hydrogen-bond acceptors (Lipinski definition) is 5. The Morgan fingerprint density at radius 3 is 2.63 bits per heavy atom. The fourth-order valence-electron chi connectivity index (χ4n) is 1.78. The zero-order chi connectivity index (χ0) is 14.6. The van der Waals surface area contributed by atoms with Crippen LogP contribution < -0.4 is 5.32 Å². The van der Waals surface area contributed by atoms with E-state index in [1.807, 2.05) is 19.0 Å². The van der Waals surface area contributed by atoms with Gasteiger partial charge < -0.3 is 15.3 Å². The van der Waals surface area contributed by atoms with Crippen LogP contribution in [0.3, 0.4) is 0 Å². The molecule has 0 saturated carbocycles. The molecule has 0 heterocycles. The van der Waals surface area contributed by atoms with E-state index in [0.717, 1.165) is 0 Å². The lowest BCUT2D eigenvalue weighted by Gasteiger charge is -2.27. The first kappa shape index (κ1) is 15.9. The van der Waals surface area contributed by atoms with Crippen LogP contribution in [-0.4, -0.2) is 47.7 Å². The number of nitrogens with zero attached hydrogens (tertiary/aromatic N) is 2. The summed E-state index contributed by atoms with van der Waals surface area (Å²) in [6.45, 7) is 2.60. The number of benzene rings is 1. The van der Waals surface area contributed by atoms with Crippen LogP contribution in [0.1, 0.15) is 6.92 Å². The molecule has 19 heavy (non-hydrogen) atoms. The summed E-state index contributed by atoms with van der Waals surface area (Å²) in [4.78, 5) is 12.1. The summed E-state index contributed by atoms with van der Waals surface area (Å²) in [7, 11) is 3.77. The topological polar surface area (TPSA) is 78.6 Å². The number of likely N-dealkylation sites (N-methyl/N-ethyl adjacent to an activating group) is 1. The van der Waals surface area contributed by atoms with Crippen LogP contribution in [0.4, 0.5) is 11.4 Å². The number of non-ortho nitro benzene ring substituents is 1. The van der Waals surface area contributed by atoms with Crippen molar-refractivity contribution in [2.24, 2.45) is 0 Å². The van der Waals surface area contributed by atoms with Crippen molar-refractivity contribution in [3.63, 3.8) is 0 Å². The van der Waals surface area contributed by atoms with Crippen molar-refractivity contribution in [1.29, 1.82) is 0 Å². The Hall–Kier alpha value is -1.18. The van der Waals surface area contributed by atoms with Gasteiger partial charge in [0.25, 0.3) is 5.69 Å². The quantitative estimate of drug-likeness (QED) is 0.616. The highest BCUT2D eigenvalue weighted by Gasteiger charge is 2.21. The second-order valence-corrected chi connectivity index (χ2v) is 5.86. The second kappa shape index (κ2) is 6.31. The Labute approximate surface area is 120 Å². The average molecular weight is 332 g/mol. The van der Waals surface area contributed by atoms with Gasteiger partial charge in [-0.15, -0.1) is 0 Å². The van der Waals surface area contributed by atoms with Crippen LogP contribution in [0.25, 0.3) is 0 Å². The lowest BCUT2D eigenvalue weighted by atomic mass is 10.1. The van der Waals surface area contributed by atoms with Gasteiger partial charge in [0.1, 0.15) is 0 Å². The minimum Gasteiger partial charge on any atom is -0.387 e. The fourth-order valence-corrected chi connectivity index (χ4v) is 2.29. The predicted octanol–water partition coefficient (Wildman–Crippen LogP) is 2.08. The molecule has 106 valence electrons. The van der Waals surface area contributed by atoms with Crippen LogP contribution in [0, 0.1) is 10.1 Å². The molecule has 0 aromatic heterocycles. The monoisotopic (exact) mass is 331 g/mol. The molecule has 1 aromatic carbocycles. The van der Waals surface area contributed by atoms with Crippen molar-refractivity contribution in [3.05, 3.63) is 32.8 Å². The normalized spacial score (nSPS) is 14.2. The Morgan fingerprint density at radius 2 is 2.16 bits per heavy atom. The minimum atomic E-state index is -0.884. The molecule has 0 aliphatic rings. The molecule has 1 aromatic rings. The second-order valence-electron chi connectivity index (χ2n) is 5.01. The minimum absolute atomic E-state index is 0.0254. The van der Waals surface area contributed by atoms with Crippen molar-refractivity contribution >= 4 is 27.3 Å². The summed E-state index contributed by atoms with van der Waals surface area (Å²) in [6, 6.07) is 4.48. The smallest absolute Gasteiger partial charge is 0.270 e. The summed E-state index contributed by atoms with van der Waals surface area (Å²) in [5.41, 5.74) is -0.146. The molecule has 0 radical (unpaired) electrons. The maximum Gasteiger partial charge on any atom is 0.270 e. The number of nitrogens with one attached hydrogen (secondary N) is 1. The molecule has 0 fully saturated rings. The van der Waals surface area contributed by atoms with Gasteiger partial charge in [0, 0.05) is 35.4 Å². The number of nitro benzene ring substituents is 1. The molecule has 0 aliphatic heterocycles. The number of aliphatic hydroxyl groups is 1. The summed E-state index contributed by atoms with van der Waals surface area (Å²) >= 11 is 3.28. The summed E-state index contributed by atoms with van der Waals surface area (Å²) in [5, 5.41) is 23.9. The Balaban J connectivity index is 2.71. The van der Waals surface area contributed by atoms with Gasteiger partial charge in [-0.3, -0.25) is 10.1 Å². The molecule has 2 N–H and O–H groups in total. The molecule has 0 bridgehead atoms. The van der Waals surface area contributed by atoms with E-state index in [1.54, 1.807) is 13.0 Å². The van der Waals surface area contributed by atoms with E-state index in [1.165, 1.54) is 12.1 Å². The SMILES string of the molecule is CN(C)CC(C)(O)CNc1ccc([N+](=O)[O-])cc1Br. The van der Waals surface area contributed by atoms with E-state index in [4.69, 9.17) is 0 Å². The van der Waals surface area contributed by atoms with Gasteiger partial charge in [-0.2, -0.15) is 0 Å². The molecule has 0 aliphatic carbocycles. The lowest BCUT2D eigenvalue weighted by molar-refractivity contribution is -0.384. The zero-order valence-corrected chi connectivity index (χ0v) is 12.8. The molecule has 1 rings (SSSR count).